The Labute approximate surface area is 190 Å². The number of primary amides is 1. The minimum Gasteiger partial charge on any atom is -0.369 e. The molecule has 1 aromatic carbocycles. The second-order valence-corrected chi connectivity index (χ2v) is 11.1. The van der Waals surface area contributed by atoms with Crippen molar-refractivity contribution >= 4 is 23.4 Å². The topological polar surface area (TPSA) is 63.4 Å². The van der Waals surface area contributed by atoms with Crippen molar-refractivity contribution in [2.75, 3.05) is 7.05 Å². The molecule has 1 aliphatic heterocycles. The van der Waals surface area contributed by atoms with Crippen molar-refractivity contribution in [2.45, 2.75) is 57.9 Å². The molecule has 0 bridgehead atoms. The first-order valence-corrected chi connectivity index (χ1v) is 12.1. The molecule has 0 saturated heterocycles. The van der Waals surface area contributed by atoms with Gasteiger partial charge in [0.1, 0.15) is 0 Å². The molecule has 0 spiro atoms. The summed E-state index contributed by atoms with van der Waals surface area (Å²) in [5.74, 6) is 1.48. The number of amides is 2. The Morgan fingerprint density at radius 1 is 1.16 bits per heavy atom. The summed E-state index contributed by atoms with van der Waals surface area (Å²) < 4.78 is 0. The molecule has 0 radical (unpaired) electrons. The third-order valence-corrected chi connectivity index (χ3v) is 10.0. The predicted molar refractivity (Wildman–Crippen MR) is 122 cm³/mol. The summed E-state index contributed by atoms with van der Waals surface area (Å²) in [6, 6.07) is 8.34. The van der Waals surface area contributed by atoms with Crippen LogP contribution in [0.3, 0.4) is 0 Å². The number of halogens is 1. The van der Waals surface area contributed by atoms with E-state index >= 15 is 0 Å². The highest BCUT2D eigenvalue weighted by Gasteiger charge is 2.62. The van der Waals surface area contributed by atoms with Crippen molar-refractivity contribution in [1.29, 1.82) is 0 Å². The molecule has 7 atom stereocenters. The molecular formula is C26H33ClN2O2. The molecule has 3 aliphatic carbocycles. The smallest absolute Gasteiger partial charge is 0.246 e. The van der Waals surface area contributed by atoms with E-state index in [1.54, 1.807) is 6.08 Å². The number of nitrogens with two attached hydrogens (primary N) is 1. The average molecular weight is 441 g/mol. The molecule has 1 heterocycles. The van der Waals surface area contributed by atoms with Crippen LogP contribution in [0.5, 0.6) is 0 Å². The summed E-state index contributed by atoms with van der Waals surface area (Å²) in [7, 11) is 1.96. The zero-order valence-corrected chi connectivity index (χ0v) is 19.3. The van der Waals surface area contributed by atoms with Crippen molar-refractivity contribution in [3.8, 4) is 0 Å². The van der Waals surface area contributed by atoms with E-state index in [0.717, 1.165) is 55.5 Å². The first-order chi connectivity index (χ1) is 14.8. The van der Waals surface area contributed by atoms with E-state index in [4.69, 9.17) is 17.3 Å². The zero-order valence-electron chi connectivity index (χ0n) is 18.5. The maximum absolute atomic E-state index is 12.6. The number of benzene rings is 1. The van der Waals surface area contributed by atoms with Crippen LogP contribution in [0.15, 0.2) is 36.4 Å². The quantitative estimate of drug-likeness (QED) is 0.746. The highest BCUT2D eigenvalue weighted by molar-refractivity contribution is 6.31. The van der Waals surface area contributed by atoms with Crippen LogP contribution in [-0.2, 0) is 16.0 Å². The predicted octanol–water partition coefficient (Wildman–Crippen LogP) is 4.60. The first-order valence-electron chi connectivity index (χ1n) is 11.8. The third kappa shape index (κ3) is 3.01. The number of hydrogen-bond acceptors (Lipinski definition) is 2. The van der Waals surface area contributed by atoms with Crippen molar-refractivity contribution < 1.29 is 9.59 Å². The van der Waals surface area contributed by atoms with Crippen molar-refractivity contribution in [1.82, 2.24) is 4.90 Å². The van der Waals surface area contributed by atoms with Crippen LogP contribution in [0, 0.1) is 34.5 Å². The summed E-state index contributed by atoms with van der Waals surface area (Å²) in [5, 5.41) is 0.791. The molecule has 1 aromatic rings. The van der Waals surface area contributed by atoms with E-state index in [0.29, 0.717) is 17.8 Å². The molecule has 31 heavy (non-hydrogen) atoms. The maximum atomic E-state index is 12.6. The highest BCUT2D eigenvalue weighted by Crippen LogP contribution is 2.66. The molecule has 2 N–H and O–H groups in total. The number of likely N-dealkylation sites (N-methyl/N-ethyl adjacent to an activating group) is 1. The van der Waals surface area contributed by atoms with Crippen molar-refractivity contribution in [3.05, 3.63) is 47.0 Å². The van der Waals surface area contributed by atoms with E-state index in [9.17, 15) is 9.59 Å². The van der Waals surface area contributed by atoms with Gasteiger partial charge in [0.05, 0.1) is 0 Å². The molecule has 0 unspecified atom stereocenters. The Bertz CT molecular complexity index is 945. The molecule has 5 heteroatoms. The van der Waals surface area contributed by atoms with Crippen LogP contribution in [0.4, 0.5) is 0 Å². The second-order valence-electron chi connectivity index (χ2n) is 10.7. The van der Waals surface area contributed by atoms with Gasteiger partial charge >= 0.3 is 0 Å². The van der Waals surface area contributed by atoms with Gasteiger partial charge in [-0.1, -0.05) is 42.8 Å². The zero-order chi connectivity index (χ0) is 22.0. The minimum absolute atomic E-state index is 0.00688. The van der Waals surface area contributed by atoms with E-state index < -0.39 is 0 Å². The molecule has 166 valence electrons. The Morgan fingerprint density at radius 2 is 1.94 bits per heavy atom. The Balaban J connectivity index is 1.53. The number of fused-ring (bicyclic) bond motifs is 5. The van der Waals surface area contributed by atoms with Crippen LogP contribution in [0.1, 0.15) is 51.0 Å². The lowest BCUT2D eigenvalue weighted by atomic mass is 9.46. The largest absolute Gasteiger partial charge is 0.369 e. The molecule has 4 nitrogen and oxygen atoms in total. The highest BCUT2D eigenvalue weighted by atomic mass is 35.5. The summed E-state index contributed by atoms with van der Waals surface area (Å²) in [6.07, 6.45) is 11.0. The van der Waals surface area contributed by atoms with Gasteiger partial charge in [-0.3, -0.25) is 9.59 Å². The van der Waals surface area contributed by atoms with Gasteiger partial charge in [0.15, 0.2) is 0 Å². The number of carbonyl (C=O) groups excluding carboxylic acids is 2. The first kappa shape index (κ1) is 21.1. The summed E-state index contributed by atoms with van der Waals surface area (Å²) in [6.45, 7) is 2.36. The molecule has 3 saturated carbocycles. The average Bonchev–Trinajstić information content (AvgIpc) is 3.12. The van der Waals surface area contributed by atoms with Gasteiger partial charge < -0.3 is 10.6 Å². The molecule has 4 aliphatic rings. The van der Waals surface area contributed by atoms with E-state index in [1.807, 2.05) is 30.1 Å². The van der Waals surface area contributed by atoms with Crippen LogP contribution >= 0.6 is 11.6 Å². The van der Waals surface area contributed by atoms with Crippen LogP contribution in [-0.4, -0.2) is 29.8 Å². The van der Waals surface area contributed by atoms with Gasteiger partial charge in [0, 0.05) is 29.4 Å². The van der Waals surface area contributed by atoms with E-state index in [2.05, 4.69) is 19.1 Å². The lowest BCUT2D eigenvalue weighted by Crippen LogP contribution is -2.60. The molecular weight excluding hydrogens is 408 g/mol. The molecule has 0 aromatic heterocycles. The number of rotatable bonds is 3. The van der Waals surface area contributed by atoms with Crippen LogP contribution < -0.4 is 5.73 Å². The Morgan fingerprint density at radius 3 is 2.68 bits per heavy atom. The third-order valence-electron chi connectivity index (χ3n) is 9.66. The van der Waals surface area contributed by atoms with Gasteiger partial charge in [-0.05, 0) is 85.8 Å². The SMILES string of the molecule is CN1C(=O)C=C[C@]2(C)[C@H]3CC[C@]4(Cc5ccccc5Cl)[C@@H](C(N)=O)CC[C@H]4[C@@H]3CC[C@@H]12. The Kier molecular flexibility index (Phi) is 5.00. The fraction of sp³-hybridized carbons (Fsp3) is 0.615. The second kappa shape index (κ2) is 7.37. The molecule has 2 amide bonds. The van der Waals surface area contributed by atoms with Gasteiger partial charge in [-0.15, -0.1) is 0 Å². The lowest BCUT2D eigenvalue weighted by Gasteiger charge is -2.60. The van der Waals surface area contributed by atoms with Crippen molar-refractivity contribution in [3.63, 3.8) is 0 Å². The summed E-state index contributed by atoms with van der Waals surface area (Å²) in [4.78, 5) is 26.9. The van der Waals surface area contributed by atoms with Crippen molar-refractivity contribution in [2.24, 2.45) is 40.2 Å². The number of nitrogens with zero attached hydrogens (tertiary/aromatic N) is 1. The summed E-state index contributed by atoms with van der Waals surface area (Å²) >= 11 is 6.58. The minimum atomic E-state index is -0.143. The summed E-state index contributed by atoms with van der Waals surface area (Å²) in [5.41, 5.74) is 7.04. The van der Waals surface area contributed by atoms with Gasteiger partial charge in [0.25, 0.3) is 0 Å². The maximum Gasteiger partial charge on any atom is 0.246 e. The van der Waals surface area contributed by atoms with Crippen LogP contribution in [0.2, 0.25) is 5.02 Å². The molecule has 3 fully saturated rings. The normalized spacial score (nSPS) is 41.5. The lowest BCUT2D eigenvalue weighted by molar-refractivity contribution is -0.142. The van der Waals surface area contributed by atoms with Gasteiger partial charge in [-0.2, -0.15) is 0 Å². The number of hydrogen-bond donors (Lipinski definition) is 1. The Hall–Kier alpha value is -1.81. The van der Waals surface area contributed by atoms with E-state index in [-0.39, 0.29) is 34.6 Å². The fourth-order valence-corrected chi connectivity index (χ4v) is 8.52. The monoisotopic (exact) mass is 440 g/mol. The number of carbonyl (C=O) groups is 2. The standard InChI is InChI=1S/C26H33ClN2O2/c1-25-13-12-23(30)29(2)22(25)10-7-17-18(25)11-14-26(15-16-5-3-4-6-21(16)27)19(17)8-9-20(26)24(28)31/h3-6,12-13,17-20,22H,7-11,14-15H2,1-2H3,(H2,28,31)/t17-,18+,19+,20-,22-,25-,26-/m1/s1. The van der Waals surface area contributed by atoms with E-state index in [1.165, 1.54) is 0 Å². The van der Waals surface area contributed by atoms with Gasteiger partial charge in [0.2, 0.25) is 11.8 Å². The molecule has 5 rings (SSSR count). The fourth-order valence-electron chi connectivity index (χ4n) is 8.31. The van der Waals surface area contributed by atoms with Crippen LogP contribution in [0.25, 0.3) is 0 Å². The van der Waals surface area contributed by atoms with Gasteiger partial charge in [-0.25, -0.2) is 0 Å².